The van der Waals surface area contributed by atoms with E-state index in [9.17, 15) is 14.4 Å². The number of amides is 2. The van der Waals surface area contributed by atoms with Crippen molar-refractivity contribution in [1.82, 2.24) is 10.3 Å². The lowest BCUT2D eigenvalue weighted by molar-refractivity contribution is -0.138. The van der Waals surface area contributed by atoms with E-state index >= 15 is 0 Å². The van der Waals surface area contributed by atoms with Crippen LogP contribution in [0.1, 0.15) is 35.3 Å². The largest absolute Gasteiger partial charge is 0.481 e. The molecule has 0 bridgehead atoms. The topological polar surface area (TPSA) is 121 Å². The van der Waals surface area contributed by atoms with Gasteiger partial charge in [0.05, 0.1) is 21.9 Å². The highest BCUT2D eigenvalue weighted by molar-refractivity contribution is 8.18. The molecule has 0 saturated carbocycles. The molecule has 2 amide bonds. The monoisotopic (exact) mass is 442 g/mol. The number of benzene rings is 1. The molecule has 1 aliphatic heterocycles. The van der Waals surface area contributed by atoms with E-state index in [0.717, 1.165) is 24.9 Å². The Labute approximate surface area is 180 Å². The van der Waals surface area contributed by atoms with Crippen molar-refractivity contribution in [2.24, 2.45) is 4.99 Å². The van der Waals surface area contributed by atoms with Crippen molar-refractivity contribution in [3.8, 4) is 0 Å². The second kappa shape index (κ2) is 8.80. The number of aliphatic carboxylic acids is 1. The third kappa shape index (κ3) is 4.77. The molecule has 0 radical (unpaired) electrons. The van der Waals surface area contributed by atoms with Gasteiger partial charge in [-0.15, -0.1) is 0 Å². The third-order valence-electron chi connectivity index (χ3n) is 4.60. The number of nitrogens with zero attached hydrogens (tertiary/aromatic N) is 2. The predicted molar refractivity (Wildman–Crippen MR) is 117 cm³/mol. The quantitative estimate of drug-likeness (QED) is 0.590. The molecule has 3 N–H and O–H groups in total. The van der Waals surface area contributed by atoms with Crippen LogP contribution in [-0.2, 0) is 27.2 Å². The number of carboxylic acids is 1. The number of hydrogen-bond acceptors (Lipinski definition) is 7. The molecule has 1 saturated heterocycles. The van der Waals surface area contributed by atoms with Crippen molar-refractivity contribution < 1.29 is 19.5 Å². The number of aliphatic imine (C=N–C) groups is 1. The van der Waals surface area contributed by atoms with Crippen molar-refractivity contribution in [1.29, 1.82) is 0 Å². The summed E-state index contributed by atoms with van der Waals surface area (Å²) in [5.74, 6) is -1.67. The van der Waals surface area contributed by atoms with Crippen LogP contribution in [0.2, 0.25) is 0 Å². The zero-order chi connectivity index (χ0) is 21.1. The number of aromatic nitrogens is 1. The lowest BCUT2D eigenvalue weighted by atomic mass is 10.1. The standard InChI is InChI=1S/C20H18N4O4S2/c25-16(7-8-17(26)27)23-19-21-10-12(29-19)9-15-18(28)24-20(30-15)22-14-6-2-4-11-3-1-5-13(11)14/h2,4,6,9-10H,1,3,5,7-8H2,(H,26,27)(H,21,23,25)(H,22,24,28)/b15-9-. The van der Waals surface area contributed by atoms with Gasteiger partial charge in [-0.2, -0.15) is 0 Å². The van der Waals surface area contributed by atoms with E-state index < -0.39 is 11.9 Å². The summed E-state index contributed by atoms with van der Waals surface area (Å²) < 4.78 is 0. The highest BCUT2D eigenvalue weighted by atomic mass is 32.2. The van der Waals surface area contributed by atoms with Crippen molar-refractivity contribution in [3.63, 3.8) is 0 Å². The van der Waals surface area contributed by atoms with Crippen LogP contribution in [0.3, 0.4) is 0 Å². The van der Waals surface area contributed by atoms with Crippen molar-refractivity contribution in [3.05, 3.63) is 45.3 Å². The maximum Gasteiger partial charge on any atom is 0.303 e. The Morgan fingerprint density at radius 2 is 2.17 bits per heavy atom. The first-order chi connectivity index (χ1) is 14.5. The van der Waals surface area contributed by atoms with Gasteiger partial charge in [0.25, 0.3) is 5.91 Å². The Morgan fingerprint density at radius 1 is 1.30 bits per heavy atom. The smallest absolute Gasteiger partial charge is 0.303 e. The average Bonchev–Trinajstić information content (AvgIpc) is 3.42. The molecule has 1 aromatic heterocycles. The lowest BCUT2D eigenvalue weighted by Gasteiger charge is -2.03. The second-order valence-corrected chi connectivity index (χ2v) is 8.85. The van der Waals surface area contributed by atoms with Crippen LogP contribution in [0.4, 0.5) is 10.8 Å². The number of thiazole rings is 1. The molecule has 2 heterocycles. The molecule has 2 aromatic rings. The average molecular weight is 443 g/mol. The number of nitrogens with one attached hydrogen (secondary N) is 2. The van der Waals surface area contributed by atoms with E-state index in [1.807, 2.05) is 12.1 Å². The number of aryl methyl sites for hydroxylation is 1. The summed E-state index contributed by atoms with van der Waals surface area (Å²) in [6.07, 6.45) is 6.09. The number of thioether (sulfide) groups is 1. The molecular formula is C20H18N4O4S2. The van der Waals surface area contributed by atoms with Gasteiger partial charge in [0.1, 0.15) is 0 Å². The first-order valence-corrected chi connectivity index (χ1v) is 11.0. The van der Waals surface area contributed by atoms with Crippen LogP contribution in [0.15, 0.2) is 34.3 Å². The summed E-state index contributed by atoms with van der Waals surface area (Å²) in [6, 6.07) is 6.08. The van der Waals surface area contributed by atoms with Gasteiger partial charge in [-0.3, -0.25) is 14.4 Å². The Balaban J connectivity index is 1.44. The fraction of sp³-hybridized carbons (Fsp3) is 0.250. The third-order valence-corrected chi connectivity index (χ3v) is 6.37. The first kappa shape index (κ1) is 20.3. The highest BCUT2D eigenvalue weighted by Gasteiger charge is 2.25. The molecule has 0 spiro atoms. The predicted octanol–water partition coefficient (Wildman–Crippen LogP) is 3.33. The zero-order valence-corrected chi connectivity index (χ0v) is 17.4. The molecule has 154 valence electrons. The first-order valence-electron chi connectivity index (χ1n) is 9.36. The summed E-state index contributed by atoms with van der Waals surface area (Å²) in [5, 5.41) is 14.9. The van der Waals surface area contributed by atoms with Gasteiger partial charge in [-0.05, 0) is 54.3 Å². The molecule has 1 fully saturated rings. The van der Waals surface area contributed by atoms with Crippen LogP contribution in [0.5, 0.6) is 0 Å². The van der Waals surface area contributed by atoms with E-state index in [1.54, 1.807) is 12.3 Å². The summed E-state index contributed by atoms with van der Waals surface area (Å²) in [7, 11) is 0. The van der Waals surface area contributed by atoms with Crippen molar-refractivity contribution in [2.75, 3.05) is 5.32 Å². The van der Waals surface area contributed by atoms with Gasteiger partial charge in [0.15, 0.2) is 10.3 Å². The van der Waals surface area contributed by atoms with Crippen molar-refractivity contribution in [2.45, 2.75) is 32.1 Å². The number of amidine groups is 1. The number of rotatable bonds is 6. The molecule has 0 unspecified atom stereocenters. The Morgan fingerprint density at radius 3 is 3.00 bits per heavy atom. The van der Waals surface area contributed by atoms with Crippen LogP contribution in [-0.4, -0.2) is 33.0 Å². The highest BCUT2D eigenvalue weighted by Crippen LogP contribution is 2.34. The summed E-state index contributed by atoms with van der Waals surface area (Å²) in [4.78, 5) is 44.5. The summed E-state index contributed by atoms with van der Waals surface area (Å²) in [5.41, 5.74) is 3.48. The normalized spacial score (nSPS) is 17.9. The molecule has 30 heavy (non-hydrogen) atoms. The van der Waals surface area contributed by atoms with E-state index in [0.29, 0.717) is 20.1 Å². The fourth-order valence-electron chi connectivity index (χ4n) is 3.24. The fourth-order valence-corrected chi connectivity index (χ4v) is 4.91. The molecular weight excluding hydrogens is 424 g/mol. The minimum Gasteiger partial charge on any atom is -0.481 e. The molecule has 1 aromatic carbocycles. The zero-order valence-electron chi connectivity index (χ0n) is 15.8. The number of fused-ring (bicyclic) bond motifs is 1. The Kier molecular flexibility index (Phi) is 5.96. The maximum atomic E-state index is 12.3. The number of hydrogen-bond donors (Lipinski definition) is 3. The van der Waals surface area contributed by atoms with Crippen LogP contribution < -0.4 is 10.6 Å². The van der Waals surface area contributed by atoms with Crippen LogP contribution in [0, 0.1) is 0 Å². The minimum absolute atomic E-state index is 0.118. The lowest BCUT2D eigenvalue weighted by Crippen LogP contribution is -2.19. The summed E-state index contributed by atoms with van der Waals surface area (Å²) in [6.45, 7) is 0. The van der Waals surface area contributed by atoms with E-state index in [4.69, 9.17) is 5.11 Å². The number of carbonyl (C=O) groups excluding carboxylic acids is 2. The maximum absolute atomic E-state index is 12.3. The molecule has 8 nitrogen and oxygen atoms in total. The Bertz CT molecular complexity index is 1090. The van der Waals surface area contributed by atoms with Gasteiger partial charge in [0, 0.05) is 12.6 Å². The van der Waals surface area contributed by atoms with Crippen molar-refractivity contribution >= 4 is 62.9 Å². The summed E-state index contributed by atoms with van der Waals surface area (Å²) >= 11 is 2.47. The molecule has 0 atom stereocenters. The van der Waals surface area contributed by atoms with Gasteiger partial charge >= 0.3 is 5.97 Å². The number of carboxylic acid groups (broad SMARTS) is 1. The molecule has 1 aliphatic carbocycles. The number of anilines is 1. The Hall–Kier alpha value is -2.98. The van der Waals surface area contributed by atoms with E-state index in [2.05, 4.69) is 26.7 Å². The van der Waals surface area contributed by atoms with E-state index in [1.165, 1.54) is 34.2 Å². The molecule has 2 aliphatic rings. The number of carbonyl (C=O) groups is 3. The van der Waals surface area contributed by atoms with Gasteiger partial charge in [-0.1, -0.05) is 23.5 Å². The minimum atomic E-state index is -1.03. The molecule has 10 heteroatoms. The van der Waals surface area contributed by atoms with Gasteiger partial charge < -0.3 is 15.7 Å². The van der Waals surface area contributed by atoms with E-state index in [-0.39, 0.29) is 18.7 Å². The second-order valence-electron chi connectivity index (χ2n) is 6.76. The van der Waals surface area contributed by atoms with Crippen LogP contribution >= 0.6 is 23.1 Å². The van der Waals surface area contributed by atoms with Gasteiger partial charge in [-0.25, -0.2) is 9.98 Å². The SMILES string of the molecule is O=C(O)CCC(=O)Nc1ncc(/C=C2\SC(=Nc3cccc4c3CCC4)NC2=O)s1. The molecule has 4 rings (SSSR count). The van der Waals surface area contributed by atoms with Gasteiger partial charge in [0.2, 0.25) is 5.91 Å². The van der Waals surface area contributed by atoms with Crippen LogP contribution in [0.25, 0.3) is 6.08 Å².